The van der Waals surface area contributed by atoms with Crippen LogP contribution in [0.25, 0.3) is 10.9 Å². The molecule has 1 aromatic carbocycles. The molecular weight excluding hydrogens is 157 g/mol. The molecule has 12 heavy (non-hydrogen) atoms. The Labute approximate surface area is 68.0 Å². The van der Waals surface area contributed by atoms with Crippen molar-refractivity contribution in [2.45, 2.75) is 0 Å². The molecule has 0 bridgehead atoms. The summed E-state index contributed by atoms with van der Waals surface area (Å²) in [5.74, 6) is -0.365. The van der Waals surface area contributed by atoms with E-state index in [0.29, 0.717) is 22.8 Å². The highest BCUT2D eigenvalue weighted by Crippen LogP contribution is 2.17. The van der Waals surface area contributed by atoms with Crippen LogP contribution in [0, 0.1) is 5.82 Å². The molecule has 0 atom stereocenters. The van der Waals surface area contributed by atoms with Crippen molar-refractivity contribution in [2.75, 3.05) is 0 Å². The van der Waals surface area contributed by atoms with Gasteiger partial charge in [0.05, 0.1) is 0 Å². The molecule has 2 rings (SSSR count). The predicted octanol–water partition coefficient (Wildman–Crippen LogP) is 2.12. The number of carbonyl (C=O) groups is 1. The number of hydrogen-bond acceptors (Lipinski definition) is 1. The summed E-state index contributed by atoms with van der Waals surface area (Å²) in [5, 5.41) is 0.514. The van der Waals surface area contributed by atoms with Gasteiger partial charge in [0.1, 0.15) is 12.1 Å². The number of halogens is 1. The molecule has 0 aliphatic heterocycles. The van der Waals surface area contributed by atoms with Crippen LogP contribution >= 0.6 is 0 Å². The van der Waals surface area contributed by atoms with Crippen LogP contribution in [0.4, 0.5) is 4.39 Å². The topological polar surface area (TPSA) is 32.9 Å². The van der Waals surface area contributed by atoms with Crippen molar-refractivity contribution in [1.82, 2.24) is 4.98 Å². The van der Waals surface area contributed by atoms with E-state index in [-0.39, 0.29) is 5.82 Å². The average molecular weight is 163 g/mol. The van der Waals surface area contributed by atoms with E-state index in [0.717, 1.165) is 0 Å². The largest absolute Gasteiger partial charge is 0.361 e. The molecule has 0 unspecified atom stereocenters. The third-order valence-electron chi connectivity index (χ3n) is 1.78. The SMILES string of the molecule is O=Cc1cc(F)c2cc[nH]c2c1. The quantitative estimate of drug-likeness (QED) is 0.641. The van der Waals surface area contributed by atoms with E-state index in [1.54, 1.807) is 18.3 Å². The molecule has 0 saturated heterocycles. The maximum atomic E-state index is 13.1. The van der Waals surface area contributed by atoms with Crippen LogP contribution in [0.15, 0.2) is 24.4 Å². The van der Waals surface area contributed by atoms with Crippen LogP contribution in [0.2, 0.25) is 0 Å². The maximum absolute atomic E-state index is 13.1. The molecule has 60 valence electrons. The van der Waals surface area contributed by atoms with Crippen molar-refractivity contribution < 1.29 is 9.18 Å². The zero-order valence-corrected chi connectivity index (χ0v) is 6.17. The summed E-state index contributed by atoms with van der Waals surface area (Å²) in [5.41, 5.74) is 1.000. The smallest absolute Gasteiger partial charge is 0.150 e. The molecule has 0 radical (unpaired) electrons. The minimum Gasteiger partial charge on any atom is -0.361 e. The Morgan fingerprint density at radius 1 is 1.42 bits per heavy atom. The monoisotopic (exact) mass is 163 g/mol. The highest BCUT2D eigenvalue weighted by molar-refractivity contribution is 5.87. The summed E-state index contributed by atoms with van der Waals surface area (Å²) in [4.78, 5) is 13.2. The lowest BCUT2D eigenvalue weighted by atomic mass is 10.2. The van der Waals surface area contributed by atoms with E-state index in [1.807, 2.05) is 0 Å². The van der Waals surface area contributed by atoms with Gasteiger partial charge >= 0.3 is 0 Å². The number of aromatic nitrogens is 1. The average Bonchev–Trinajstić information content (AvgIpc) is 2.52. The van der Waals surface area contributed by atoms with Crippen molar-refractivity contribution in [3.05, 3.63) is 35.8 Å². The Bertz CT molecular complexity index is 433. The fourth-order valence-electron chi connectivity index (χ4n) is 1.21. The lowest BCUT2D eigenvalue weighted by molar-refractivity contribution is 0.112. The summed E-state index contributed by atoms with van der Waals surface area (Å²) in [7, 11) is 0. The number of aromatic amines is 1. The van der Waals surface area contributed by atoms with Gasteiger partial charge in [-0.2, -0.15) is 0 Å². The van der Waals surface area contributed by atoms with Crippen LogP contribution in [0.5, 0.6) is 0 Å². The van der Waals surface area contributed by atoms with E-state index < -0.39 is 0 Å². The van der Waals surface area contributed by atoms with E-state index >= 15 is 0 Å². The number of carbonyl (C=O) groups excluding carboxylic acids is 1. The zero-order chi connectivity index (χ0) is 8.55. The first-order chi connectivity index (χ1) is 5.81. The number of rotatable bonds is 1. The number of nitrogens with one attached hydrogen (secondary N) is 1. The molecule has 2 aromatic rings. The van der Waals surface area contributed by atoms with Crippen molar-refractivity contribution in [2.24, 2.45) is 0 Å². The highest BCUT2D eigenvalue weighted by Gasteiger charge is 2.02. The van der Waals surface area contributed by atoms with Crippen LogP contribution in [0.1, 0.15) is 10.4 Å². The van der Waals surface area contributed by atoms with Gasteiger partial charge in [-0.05, 0) is 18.2 Å². The second-order valence-corrected chi connectivity index (χ2v) is 2.56. The van der Waals surface area contributed by atoms with Crippen molar-refractivity contribution in [3.8, 4) is 0 Å². The molecule has 1 N–H and O–H groups in total. The molecule has 0 amide bonds. The summed E-state index contributed by atoms with van der Waals surface area (Å²) >= 11 is 0. The number of H-pyrrole nitrogens is 1. The van der Waals surface area contributed by atoms with Crippen LogP contribution in [0.3, 0.4) is 0 Å². The fraction of sp³-hybridized carbons (Fsp3) is 0. The van der Waals surface area contributed by atoms with Gasteiger partial charge in [0.15, 0.2) is 0 Å². The second kappa shape index (κ2) is 2.44. The summed E-state index contributed by atoms with van der Waals surface area (Å²) < 4.78 is 13.1. The Hall–Kier alpha value is -1.64. The Balaban J connectivity index is 2.83. The molecule has 1 heterocycles. The minimum absolute atomic E-state index is 0.349. The van der Waals surface area contributed by atoms with Gasteiger partial charge in [-0.1, -0.05) is 0 Å². The normalized spacial score (nSPS) is 10.4. The first-order valence-electron chi connectivity index (χ1n) is 3.53. The van der Waals surface area contributed by atoms with Crippen molar-refractivity contribution in [3.63, 3.8) is 0 Å². The molecule has 2 nitrogen and oxygen atoms in total. The molecule has 0 spiro atoms. The summed E-state index contributed by atoms with van der Waals surface area (Å²) in [6, 6.07) is 4.48. The van der Waals surface area contributed by atoms with E-state index in [2.05, 4.69) is 4.98 Å². The standard InChI is InChI=1S/C9H6FNO/c10-8-3-6(5-12)4-9-7(8)1-2-11-9/h1-5,11H. The Morgan fingerprint density at radius 3 is 3.00 bits per heavy atom. The number of benzene rings is 1. The van der Waals surface area contributed by atoms with E-state index in [4.69, 9.17) is 0 Å². The number of hydrogen-bond donors (Lipinski definition) is 1. The lowest BCUT2D eigenvalue weighted by Crippen LogP contribution is -1.83. The first kappa shape index (κ1) is 7.03. The van der Waals surface area contributed by atoms with Crippen molar-refractivity contribution >= 4 is 17.2 Å². The third-order valence-corrected chi connectivity index (χ3v) is 1.78. The van der Waals surface area contributed by atoms with Gasteiger partial charge in [-0.3, -0.25) is 4.79 Å². The zero-order valence-electron chi connectivity index (χ0n) is 6.17. The van der Waals surface area contributed by atoms with E-state index in [1.165, 1.54) is 6.07 Å². The predicted molar refractivity (Wildman–Crippen MR) is 43.6 cm³/mol. The third kappa shape index (κ3) is 0.906. The molecule has 0 fully saturated rings. The van der Waals surface area contributed by atoms with Gasteiger partial charge in [0, 0.05) is 22.7 Å². The van der Waals surface area contributed by atoms with E-state index in [9.17, 15) is 9.18 Å². The fourth-order valence-corrected chi connectivity index (χ4v) is 1.21. The number of fused-ring (bicyclic) bond motifs is 1. The molecule has 1 aromatic heterocycles. The number of aldehydes is 1. The molecule has 0 aliphatic rings. The van der Waals surface area contributed by atoms with Crippen LogP contribution in [-0.4, -0.2) is 11.3 Å². The van der Waals surface area contributed by atoms with Gasteiger partial charge in [-0.25, -0.2) is 4.39 Å². The highest BCUT2D eigenvalue weighted by atomic mass is 19.1. The summed E-state index contributed by atoms with van der Waals surface area (Å²) in [6.07, 6.45) is 2.27. The van der Waals surface area contributed by atoms with Gasteiger partial charge in [-0.15, -0.1) is 0 Å². The second-order valence-electron chi connectivity index (χ2n) is 2.56. The van der Waals surface area contributed by atoms with Crippen LogP contribution < -0.4 is 0 Å². The van der Waals surface area contributed by atoms with Gasteiger partial charge < -0.3 is 4.98 Å². The van der Waals surface area contributed by atoms with Crippen molar-refractivity contribution in [1.29, 1.82) is 0 Å². The summed E-state index contributed by atoms with van der Waals surface area (Å²) in [6.45, 7) is 0. The molecule has 0 saturated carbocycles. The molecule has 0 aliphatic carbocycles. The maximum Gasteiger partial charge on any atom is 0.150 e. The first-order valence-corrected chi connectivity index (χ1v) is 3.53. The molecular formula is C9H6FNO. The Morgan fingerprint density at radius 2 is 2.25 bits per heavy atom. The van der Waals surface area contributed by atoms with Crippen LogP contribution in [-0.2, 0) is 0 Å². The Kier molecular flexibility index (Phi) is 1.43. The van der Waals surface area contributed by atoms with Gasteiger partial charge in [0.25, 0.3) is 0 Å². The lowest BCUT2D eigenvalue weighted by Gasteiger charge is -1.93. The molecule has 3 heteroatoms. The minimum atomic E-state index is -0.365. The van der Waals surface area contributed by atoms with Gasteiger partial charge in [0.2, 0.25) is 0 Å².